The van der Waals surface area contributed by atoms with Gasteiger partial charge in [0.05, 0.1) is 22.3 Å². The fraction of sp³-hybridized carbons (Fsp3) is 0.375. The highest BCUT2D eigenvalue weighted by atomic mass is 16.6. The van der Waals surface area contributed by atoms with Gasteiger partial charge in [-0.05, 0) is 31.0 Å². The molecule has 0 atom stereocenters. The second-order valence-electron chi connectivity index (χ2n) is 11.2. The van der Waals surface area contributed by atoms with E-state index >= 15 is 0 Å². The monoisotopic (exact) mass is 536 g/mol. The Balaban J connectivity index is 1.21. The van der Waals surface area contributed by atoms with E-state index < -0.39 is 0 Å². The quantitative estimate of drug-likeness (QED) is 0.299. The van der Waals surface area contributed by atoms with Gasteiger partial charge in [-0.25, -0.2) is 0 Å². The van der Waals surface area contributed by atoms with Gasteiger partial charge in [0.2, 0.25) is 0 Å². The Morgan fingerprint density at radius 3 is 2.45 bits per heavy atom. The Bertz CT molecular complexity index is 1610. The Hall–Kier alpha value is -4.04. The van der Waals surface area contributed by atoms with Crippen LogP contribution in [0.2, 0.25) is 0 Å². The lowest BCUT2D eigenvalue weighted by Crippen LogP contribution is -2.51. The van der Waals surface area contributed by atoms with E-state index in [0.717, 1.165) is 65.5 Å². The van der Waals surface area contributed by atoms with Gasteiger partial charge < -0.3 is 24.2 Å². The van der Waals surface area contributed by atoms with Gasteiger partial charge in [0.15, 0.2) is 23.0 Å². The molecule has 0 unspecified atom stereocenters. The number of nitrogens with one attached hydrogen (secondary N) is 1. The third-order valence-corrected chi connectivity index (χ3v) is 8.95. The Morgan fingerprint density at radius 1 is 0.850 bits per heavy atom. The molecule has 1 saturated carbocycles. The van der Waals surface area contributed by atoms with Crippen molar-refractivity contribution in [3.63, 3.8) is 0 Å². The summed E-state index contributed by atoms with van der Waals surface area (Å²) in [6, 6.07) is 16.2. The molecule has 204 valence electrons. The standard InChI is InChI=1S/C32H32N4O4/c37-31-22-8-4-5-9-23(22)32-29-28(31)24(33-20-10-11-26-27(18-20)39-17-16-38-26)19-25(30(29)34-40-32)36-14-12-35(13-15-36)21-6-2-1-3-7-21/h4-5,8-11,18-19,21,33H,1-3,6-7,12-17H2. The van der Waals surface area contributed by atoms with Crippen LogP contribution in [0.4, 0.5) is 17.1 Å². The van der Waals surface area contributed by atoms with Crippen molar-refractivity contribution in [2.45, 2.75) is 38.1 Å². The molecule has 0 spiro atoms. The first-order valence-electron chi connectivity index (χ1n) is 14.5. The first kappa shape index (κ1) is 23.8. The number of ether oxygens (including phenoxy) is 2. The number of hydrogen-bond acceptors (Lipinski definition) is 8. The van der Waals surface area contributed by atoms with Crippen LogP contribution in [0.3, 0.4) is 0 Å². The third-order valence-electron chi connectivity index (χ3n) is 8.95. The summed E-state index contributed by atoms with van der Waals surface area (Å²) < 4.78 is 17.5. The fourth-order valence-corrected chi connectivity index (χ4v) is 6.93. The van der Waals surface area contributed by atoms with Crippen LogP contribution in [0.5, 0.6) is 11.5 Å². The van der Waals surface area contributed by atoms with Gasteiger partial charge in [-0.15, -0.1) is 0 Å². The Kier molecular flexibility index (Phi) is 5.69. The van der Waals surface area contributed by atoms with Crippen LogP contribution in [0, 0.1) is 0 Å². The van der Waals surface area contributed by atoms with E-state index in [2.05, 4.69) is 26.3 Å². The SMILES string of the molecule is O=C1c2ccccc2-c2onc3c(N4CCN(C5CCCCC5)CC4)cc(Nc4ccc5c(c4)OCCO5)c1c23. The molecular formula is C32H32N4O4. The van der Waals surface area contributed by atoms with Crippen LogP contribution in [0.15, 0.2) is 53.1 Å². The summed E-state index contributed by atoms with van der Waals surface area (Å²) >= 11 is 0. The number of hydrogen-bond donors (Lipinski definition) is 1. The maximum Gasteiger partial charge on any atom is 0.196 e. The normalized spacial score (nSPS) is 19.1. The number of anilines is 3. The summed E-state index contributed by atoms with van der Waals surface area (Å²) in [5.74, 6) is 2.07. The highest BCUT2D eigenvalue weighted by molar-refractivity contribution is 6.28. The molecule has 1 saturated heterocycles. The molecule has 8 nitrogen and oxygen atoms in total. The summed E-state index contributed by atoms with van der Waals surface area (Å²) in [5.41, 5.74) is 5.37. The zero-order chi connectivity index (χ0) is 26.6. The fourth-order valence-electron chi connectivity index (χ4n) is 6.93. The molecule has 8 heteroatoms. The van der Waals surface area contributed by atoms with Crippen LogP contribution in [0.25, 0.3) is 22.2 Å². The van der Waals surface area contributed by atoms with E-state index in [9.17, 15) is 4.79 Å². The predicted molar refractivity (Wildman–Crippen MR) is 154 cm³/mol. The maximum absolute atomic E-state index is 14.0. The minimum Gasteiger partial charge on any atom is -0.486 e. The van der Waals surface area contributed by atoms with Gasteiger partial charge in [0.25, 0.3) is 0 Å². The van der Waals surface area contributed by atoms with Crippen LogP contribution in [-0.4, -0.2) is 61.3 Å². The van der Waals surface area contributed by atoms with E-state index in [1.807, 2.05) is 42.5 Å². The Labute approximate surface area is 232 Å². The molecule has 40 heavy (non-hydrogen) atoms. The van der Waals surface area contributed by atoms with Gasteiger partial charge in [0, 0.05) is 55.1 Å². The van der Waals surface area contributed by atoms with Crippen LogP contribution in [0.1, 0.15) is 48.0 Å². The first-order valence-corrected chi connectivity index (χ1v) is 14.5. The molecule has 8 rings (SSSR count). The van der Waals surface area contributed by atoms with Gasteiger partial charge in [-0.3, -0.25) is 9.69 Å². The second-order valence-corrected chi connectivity index (χ2v) is 11.2. The number of carbonyl (C=O) groups is 1. The van der Waals surface area contributed by atoms with Crippen molar-refractivity contribution in [2.24, 2.45) is 0 Å². The molecule has 0 amide bonds. The molecule has 1 aromatic heterocycles. The summed E-state index contributed by atoms with van der Waals surface area (Å²) in [7, 11) is 0. The van der Waals surface area contributed by atoms with Crippen LogP contribution in [-0.2, 0) is 0 Å². The lowest BCUT2D eigenvalue weighted by molar-refractivity contribution is 0.104. The third kappa shape index (κ3) is 3.84. The van der Waals surface area contributed by atoms with Crippen LogP contribution >= 0.6 is 0 Å². The molecule has 4 aromatic rings. The number of aromatic nitrogens is 1. The zero-order valence-corrected chi connectivity index (χ0v) is 22.4. The number of rotatable bonds is 4. The average molecular weight is 537 g/mol. The van der Waals surface area contributed by atoms with Crippen molar-refractivity contribution >= 4 is 33.7 Å². The number of benzene rings is 3. The van der Waals surface area contributed by atoms with Gasteiger partial charge in [-0.1, -0.05) is 48.7 Å². The van der Waals surface area contributed by atoms with E-state index in [1.54, 1.807) is 0 Å². The zero-order valence-electron chi connectivity index (χ0n) is 22.4. The first-order chi connectivity index (χ1) is 19.7. The Morgan fingerprint density at radius 2 is 1.62 bits per heavy atom. The number of fused-ring (bicyclic) bond motifs is 3. The van der Waals surface area contributed by atoms with Crippen molar-refractivity contribution in [1.29, 1.82) is 0 Å². The average Bonchev–Trinajstić information content (AvgIpc) is 3.46. The largest absolute Gasteiger partial charge is 0.486 e. The van der Waals surface area contributed by atoms with Crippen LogP contribution < -0.4 is 19.7 Å². The van der Waals surface area contributed by atoms with E-state index in [-0.39, 0.29) is 5.78 Å². The summed E-state index contributed by atoms with van der Waals surface area (Å²) in [6.07, 6.45) is 6.70. The molecule has 2 aliphatic carbocycles. The molecule has 0 bridgehead atoms. The van der Waals surface area contributed by atoms with Crippen molar-refractivity contribution in [1.82, 2.24) is 10.1 Å². The second kappa shape index (κ2) is 9.55. The number of carbonyl (C=O) groups excluding carboxylic acids is 1. The lowest BCUT2D eigenvalue weighted by atomic mass is 9.86. The molecule has 1 N–H and O–H groups in total. The molecule has 0 radical (unpaired) electrons. The topological polar surface area (TPSA) is 80.1 Å². The minimum atomic E-state index is -0.0231. The van der Waals surface area contributed by atoms with Gasteiger partial charge in [-0.2, -0.15) is 0 Å². The van der Waals surface area contributed by atoms with Gasteiger partial charge >= 0.3 is 0 Å². The summed E-state index contributed by atoms with van der Waals surface area (Å²) in [6.45, 7) is 4.96. The molecule has 2 aliphatic heterocycles. The predicted octanol–water partition coefficient (Wildman–Crippen LogP) is 6.01. The number of piperazine rings is 1. The smallest absolute Gasteiger partial charge is 0.196 e. The molecule has 3 aromatic carbocycles. The molecule has 3 heterocycles. The highest BCUT2D eigenvalue weighted by Crippen LogP contribution is 2.47. The van der Waals surface area contributed by atoms with Gasteiger partial charge in [0.1, 0.15) is 18.7 Å². The molecule has 4 aliphatic rings. The van der Waals surface area contributed by atoms with Crippen molar-refractivity contribution in [3.05, 3.63) is 59.7 Å². The maximum atomic E-state index is 14.0. The van der Waals surface area contributed by atoms with E-state index in [1.165, 1.54) is 32.1 Å². The van der Waals surface area contributed by atoms with Crippen molar-refractivity contribution in [2.75, 3.05) is 49.6 Å². The highest BCUT2D eigenvalue weighted by Gasteiger charge is 2.35. The lowest BCUT2D eigenvalue weighted by Gasteiger charge is -2.41. The number of nitrogens with zero attached hydrogens (tertiary/aromatic N) is 3. The minimum absolute atomic E-state index is 0.0231. The summed E-state index contributed by atoms with van der Waals surface area (Å²) in [4.78, 5) is 19.0. The van der Waals surface area contributed by atoms with Crippen molar-refractivity contribution < 1.29 is 18.8 Å². The molecular weight excluding hydrogens is 504 g/mol. The van der Waals surface area contributed by atoms with Crippen molar-refractivity contribution in [3.8, 4) is 22.8 Å². The van der Waals surface area contributed by atoms with E-state index in [4.69, 9.17) is 14.0 Å². The number of ketones is 1. The van der Waals surface area contributed by atoms with E-state index in [0.29, 0.717) is 41.9 Å². The summed E-state index contributed by atoms with van der Waals surface area (Å²) in [5, 5.41) is 8.91. The molecule has 2 fully saturated rings.